The molecule has 0 saturated heterocycles. The summed E-state index contributed by atoms with van der Waals surface area (Å²) >= 11 is 0. The number of quaternary nitrogens is 1. The minimum absolute atomic E-state index is 0.220. The average Bonchev–Trinajstić information content (AvgIpc) is 2.52. The number of aliphatic carboxylic acids is 1. The molecule has 1 aromatic rings. The Morgan fingerprint density at radius 1 is 1.35 bits per heavy atom. The molecular weight excluding hydrogens is 357 g/mol. The van der Waals surface area contributed by atoms with Crippen LogP contribution in [0, 0.1) is 5.21 Å². The minimum atomic E-state index is -5.08. The van der Waals surface area contributed by atoms with Crippen molar-refractivity contribution in [3.05, 3.63) is 35.0 Å². The number of amides is 1. The number of nitrogens with zero attached hydrogens (tertiary/aromatic N) is 2. The fraction of sp³-hybridized carbons (Fsp3) is 0.500. The molecule has 1 N–H and O–H groups in total. The van der Waals surface area contributed by atoms with Crippen molar-refractivity contribution in [3.8, 4) is 5.75 Å². The number of hydrogen-bond donors (Lipinski definition) is 1. The fourth-order valence-electron chi connectivity index (χ4n) is 1.50. The number of benzene rings is 1. The standard InChI is InChI=1S/C14H22N2O3.C2HF3O2/c1-6-15(3)14(17)19-13-9-7-8-12(10-13)11(2)16(4,5)18;3-2(4,5)1(6)7/h7-11H,6H2,1-5H3;(H,6,7)/t11-;/m0./s1. The molecule has 0 aliphatic carbocycles. The van der Waals surface area contributed by atoms with Gasteiger partial charge in [0.25, 0.3) is 0 Å². The number of carboxylic acids is 1. The maximum Gasteiger partial charge on any atom is 0.490 e. The van der Waals surface area contributed by atoms with Crippen LogP contribution in [0.1, 0.15) is 25.5 Å². The van der Waals surface area contributed by atoms with Gasteiger partial charge >= 0.3 is 18.2 Å². The number of carbonyl (C=O) groups excluding carboxylic acids is 1. The first-order valence-electron chi connectivity index (χ1n) is 7.57. The van der Waals surface area contributed by atoms with E-state index in [0.717, 1.165) is 5.56 Å². The van der Waals surface area contributed by atoms with Crippen LogP contribution in [0.3, 0.4) is 0 Å². The van der Waals surface area contributed by atoms with Gasteiger partial charge in [0.05, 0.1) is 14.1 Å². The molecule has 0 unspecified atom stereocenters. The highest BCUT2D eigenvalue weighted by Gasteiger charge is 2.38. The lowest BCUT2D eigenvalue weighted by molar-refractivity contribution is -0.870. The number of ether oxygens (including phenoxy) is 1. The van der Waals surface area contributed by atoms with Gasteiger partial charge in [0.15, 0.2) is 0 Å². The smallest absolute Gasteiger partial charge is 0.490 e. The van der Waals surface area contributed by atoms with Crippen LogP contribution >= 0.6 is 0 Å². The molecule has 148 valence electrons. The predicted octanol–water partition coefficient (Wildman–Crippen LogP) is 3.41. The predicted molar refractivity (Wildman–Crippen MR) is 88.4 cm³/mol. The van der Waals surface area contributed by atoms with Gasteiger partial charge in [-0.25, -0.2) is 9.59 Å². The number of halogens is 3. The highest BCUT2D eigenvalue weighted by atomic mass is 19.4. The van der Waals surface area contributed by atoms with E-state index in [4.69, 9.17) is 14.6 Å². The second kappa shape index (κ2) is 9.39. The molecule has 0 radical (unpaired) electrons. The third-order valence-corrected chi connectivity index (χ3v) is 3.51. The van der Waals surface area contributed by atoms with Crippen molar-refractivity contribution >= 4 is 12.1 Å². The van der Waals surface area contributed by atoms with E-state index in [0.29, 0.717) is 12.3 Å². The van der Waals surface area contributed by atoms with Crippen molar-refractivity contribution < 1.29 is 37.3 Å². The van der Waals surface area contributed by atoms with Crippen LogP contribution in [0.4, 0.5) is 18.0 Å². The molecule has 10 heteroatoms. The average molecular weight is 380 g/mol. The number of rotatable bonds is 4. The third-order valence-electron chi connectivity index (χ3n) is 3.51. The summed E-state index contributed by atoms with van der Waals surface area (Å²) in [6.07, 6.45) is -5.48. The topological polar surface area (TPSA) is 89.9 Å². The van der Waals surface area contributed by atoms with Gasteiger partial charge in [-0.05, 0) is 26.0 Å². The normalized spacial score (nSPS) is 12.5. The molecule has 0 spiro atoms. The summed E-state index contributed by atoms with van der Waals surface area (Å²) in [4.78, 5) is 22.0. The van der Waals surface area contributed by atoms with Crippen LogP contribution in [0.5, 0.6) is 5.75 Å². The Bertz CT molecular complexity index is 615. The van der Waals surface area contributed by atoms with E-state index in [-0.39, 0.29) is 6.04 Å². The van der Waals surface area contributed by atoms with Gasteiger partial charge in [-0.1, -0.05) is 12.1 Å². The molecule has 1 rings (SSSR count). The van der Waals surface area contributed by atoms with Gasteiger partial charge in [-0.3, -0.25) is 0 Å². The molecule has 0 aliphatic rings. The monoisotopic (exact) mass is 380 g/mol. The van der Waals surface area contributed by atoms with Gasteiger partial charge in [-0.15, -0.1) is 0 Å². The third kappa shape index (κ3) is 8.17. The van der Waals surface area contributed by atoms with Crippen molar-refractivity contribution in [1.82, 2.24) is 4.90 Å². The molecule has 0 saturated carbocycles. The zero-order chi connectivity index (χ0) is 20.7. The Hall–Kier alpha value is -2.33. The Labute approximate surface area is 149 Å². The number of hydrogen-bond acceptors (Lipinski definition) is 4. The van der Waals surface area contributed by atoms with Crippen molar-refractivity contribution in [1.29, 1.82) is 0 Å². The Morgan fingerprint density at radius 3 is 2.23 bits per heavy atom. The number of carboxylic acid groups (broad SMARTS) is 1. The van der Waals surface area contributed by atoms with Crippen LogP contribution in [-0.4, -0.2) is 60.6 Å². The van der Waals surface area contributed by atoms with Gasteiger partial charge < -0.3 is 24.6 Å². The molecule has 1 aromatic carbocycles. The molecule has 1 atom stereocenters. The number of alkyl halides is 3. The lowest BCUT2D eigenvalue weighted by Gasteiger charge is -2.40. The van der Waals surface area contributed by atoms with E-state index in [1.54, 1.807) is 39.3 Å². The first-order chi connectivity index (χ1) is 11.7. The molecule has 0 bridgehead atoms. The highest BCUT2D eigenvalue weighted by Crippen LogP contribution is 2.26. The number of carbonyl (C=O) groups is 2. The van der Waals surface area contributed by atoms with Crippen LogP contribution in [0.2, 0.25) is 0 Å². The summed E-state index contributed by atoms with van der Waals surface area (Å²) in [6, 6.07) is 6.88. The van der Waals surface area contributed by atoms with E-state index >= 15 is 0 Å². The summed E-state index contributed by atoms with van der Waals surface area (Å²) in [7, 11) is 4.86. The lowest BCUT2D eigenvalue weighted by atomic mass is 10.1. The maximum absolute atomic E-state index is 11.9. The molecule has 1 amide bonds. The molecule has 0 fully saturated rings. The summed E-state index contributed by atoms with van der Waals surface area (Å²) < 4.78 is 36.6. The quantitative estimate of drug-likeness (QED) is 0.639. The molecule has 0 heterocycles. The lowest BCUT2D eigenvalue weighted by Crippen LogP contribution is -2.35. The summed E-state index contributed by atoms with van der Waals surface area (Å²) in [5, 5.41) is 19.0. The summed E-state index contributed by atoms with van der Waals surface area (Å²) in [5.74, 6) is -2.30. The zero-order valence-corrected chi connectivity index (χ0v) is 15.2. The Kier molecular flexibility index (Phi) is 8.55. The van der Waals surface area contributed by atoms with E-state index in [1.807, 2.05) is 19.9 Å². The van der Waals surface area contributed by atoms with Crippen molar-refractivity contribution in [2.24, 2.45) is 0 Å². The van der Waals surface area contributed by atoms with Crippen LogP contribution in [0.25, 0.3) is 0 Å². The van der Waals surface area contributed by atoms with E-state index in [1.165, 1.54) is 4.90 Å². The number of hydroxylamine groups is 3. The van der Waals surface area contributed by atoms with Crippen molar-refractivity contribution in [2.45, 2.75) is 26.1 Å². The van der Waals surface area contributed by atoms with Crippen LogP contribution in [-0.2, 0) is 4.79 Å². The zero-order valence-electron chi connectivity index (χ0n) is 15.2. The minimum Gasteiger partial charge on any atom is -0.633 e. The van der Waals surface area contributed by atoms with Gasteiger partial charge in [-0.2, -0.15) is 13.2 Å². The molecule has 0 aromatic heterocycles. The van der Waals surface area contributed by atoms with E-state index in [2.05, 4.69) is 0 Å². The largest absolute Gasteiger partial charge is 0.633 e. The second-order valence-electron chi connectivity index (χ2n) is 5.87. The molecule has 0 aliphatic heterocycles. The molecule has 26 heavy (non-hydrogen) atoms. The second-order valence-corrected chi connectivity index (χ2v) is 5.87. The highest BCUT2D eigenvalue weighted by molar-refractivity contribution is 5.73. The maximum atomic E-state index is 11.9. The fourth-order valence-corrected chi connectivity index (χ4v) is 1.50. The Balaban J connectivity index is 0.000000758. The van der Waals surface area contributed by atoms with Gasteiger partial charge in [0.2, 0.25) is 0 Å². The Morgan fingerprint density at radius 2 is 1.85 bits per heavy atom. The van der Waals surface area contributed by atoms with Crippen LogP contribution < -0.4 is 4.74 Å². The van der Waals surface area contributed by atoms with Crippen molar-refractivity contribution in [2.75, 3.05) is 27.7 Å². The summed E-state index contributed by atoms with van der Waals surface area (Å²) in [6.45, 7) is 4.31. The SMILES string of the molecule is CCN(C)C(=O)Oc1cccc([C@H](C)[N+](C)(C)[O-])c1.O=C(O)C(F)(F)F. The first kappa shape index (κ1) is 23.7. The van der Waals surface area contributed by atoms with Gasteiger partial charge in [0.1, 0.15) is 11.8 Å². The van der Waals surface area contributed by atoms with Gasteiger partial charge in [0, 0.05) is 19.2 Å². The van der Waals surface area contributed by atoms with Crippen LogP contribution in [0.15, 0.2) is 24.3 Å². The van der Waals surface area contributed by atoms with E-state index in [9.17, 15) is 23.2 Å². The molecular formula is C16H23F3N2O5. The van der Waals surface area contributed by atoms with Crippen molar-refractivity contribution in [3.63, 3.8) is 0 Å². The molecule has 7 nitrogen and oxygen atoms in total. The van der Waals surface area contributed by atoms with E-state index < -0.39 is 22.9 Å². The first-order valence-corrected chi connectivity index (χ1v) is 7.57. The summed E-state index contributed by atoms with van der Waals surface area (Å²) in [5.41, 5.74) is 0.851.